The van der Waals surface area contributed by atoms with Crippen molar-refractivity contribution in [2.24, 2.45) is 34.6 Å². The molecule has 3 fully saturated rings. The molecule has 1 saturated carbocycles. The zero-order chi connectivity index (χ0) is 32.9. The third-order valence-corrected chi connectivity index (χ3v) is 8.65. The van der Waals surface area contributed by atoms with Crippen molar-refractivity contribution in [1.82, 2.24) is 10.6 Å². The summed E-state index contributed by atoms with van der Waals surface area (Å²) in [5.74, 6) is -1.90. The Kier molecular flexibility index (Phi) is 14.0. The van der Waals surface area contributed by atoms with E-state index >= 15 is 0 Å². The van der Waals surface area contributed by atoms with Gasteiger partial charge in [0.1, 0.15) is 42.7 Å². The number of rotatable bonds is 13. The number of amides is 1. The van der Waals surface area contributed by atoms with Crippen LogP contribution in [0.25, 0.3) is 0 Å². The van der Waals surface area contributed by atoms with Crippen LogP contribution in [-0.2, 0) is 19.0 Å². The molecular weight excluding hydrogens is 590 g/mol. The number of ether oxygens (including phenoxy) is 3. The standard InChI is InChI=1S/C25H51N7O12/c26-2-1-11(35)24(41)32-10-3-9(28)14(19(38)22(10)44-25-21(40)15(29)17(36)13(7-34)43-25)23-16(30)20(39)18(37)12(42-23)5-31-4-8(27)6-33/h8-23,25,31,33-40H,1-7,26-30H2,(H,32,41)/t8?,9-,10+,11-,12+,13+,14?,15-,16+,17+,18+,19-,20+,21+,22-,23+,25+/m0/s1. The minimum Gasteiger partial charge on any atom is -0.395 e. The summed E-state index contributed by atoms with van der Waals surface area (Å²) in [7, 11) is 0. The van der Waals surface area contributed by atoms with Crippen LogP contribution in [0.3, 0.4) is 0 Å². The SMILES string of the molecule is NCC[C@H](O)C(=O)N[C@@H]1C[C@H](N)C([C@H]2O[C@H](CNCC(N)CO)[C@@H](O)[C@H](O)[C@H]2N)[C@H](O)[C@H]1O[C@H]1O[C@H](CO)[C@@H](O)[C@H](N)[C@H]1O. The smallest absolute Gasteiger partial charge is 0.249 e. The van der Waals surface area contributed by atoms with E-state index in [1.54, 1.807) is 0 Å². The lowest BCUT2D eigenvalue weighted by Gasteiger charge is -2.52. The number of carbonyl (C=O) groups excluding carboxylic acids is 1. The number of carbonyl (C=O) groups is 1. The first-order chi connectivity index (χ1) is 20.8. The molecule has 19 nitrogen and oxygen atoms in total. The summed E-state index contributed by atoms with van der Waals surface area (Å²) in [4.78, 5) is 12.7. The maximum absolute atomic E-state index is 12.7. The van der Waals surface area contributed by atoms with Crippen LogP contribution in [0.2, 0.25) is 0 Å². The highest BCUT2D eigenvalue weighted by Gasteiger charge is 2.55. The van der Waals surface area contributed by atoms with Crippen LogP contribution in [-0.4, -0.2) is 177 Å². The molecule has 0 spiro atoms. The summed E-state index contributed by atoms with van der Waals surface area (Å²) in [5, 5.41) is 88.6. The molecule has 17 atom stereocenters. The van der Waals surface area contributed by atoms with Gasteiger partial charge in [0.15, 0.2) is 6.29 Å². The minimum atomic E-state index is -1.63. The topological polar surface area (TPSA) is 361 Å². The molecule has 1 amide bonds. The van der Waals surface area contributed by atoms with E-state index in [2.05, 4.69) is 10.6 Å². The lowest BCUT2D eigenvalue weighted by atomic mass is 9.71. The van der Waals surface area contributed by atoms with Gasteiger partial charge in [-0.05, 0) is 19.4 Å². The van der Waals surface area contributed by atoms with Gasteiger partial charge in [0.2, 0.25) is 5.91 Å². The number of nitrogens with one attached hydrogen (secondary N) is 2. The van der Waals surface area contributed by atoms with E-state index in [0.29, 0.717) is 0 Å². The normalized spacial score (nSPS) is 44.6. The van der Waals surface area contributed by atoms with Crippen molar-refractivity contribution < 1.29 is 59.9 Å². The first-order valence-corrected chi connectivity index (χ1v) is 14.8. The molecule has 44 heavy (non-hydrogen) atoms. The van der Waals surface area contributed by atoms with E-state index in [0.717, 1.165) is 0 Å². The maximum atomic E-state index is 12.7. The molecule has 2 aliphatic heterocycles. The first kappa shape index (κ1) is 37.2. The lowest BCUT2D eigenvalue weighted by molar-refractivity contribution is -0.307. The summed E-state index contributed by atoms with van der Waals surface area (Å²) in [6, 6.07) is -5.14. The molecule has 0 radical (unpaired) electrons. The lowest BCUT2D eigenvalue weighted by Crippen LogP contribution is -2.72. The quantitative estimate of drug-likeness (QED) is 0.0887. The van der Waals surface area contributed by atoms with Crippen LogP contribution >= 0.6 is 0 Å². The summed E-state index contributed by atoms with van der Waals surface area (Å²) in [6.45, 7) is -0.774. The number of aliphatic hydroxyl groups is 8. The van der Waals surface area contributed by atoms with E-state index in [1.165, 1.54) is 0 Å². The number of hydrogen-bond donors (Lipinski definition) is 15. The molecule has 0 aromatic rings. The van der Waals surface area contributed by atoms with Gasteiger partial charge in [-0.2, -0.15) is 0 Å². The summed E-state index contributed by atoms with van der Waals surface area (Å²) < 4.78 is 17.6. The molecule has 1 aliphatic carbocycles. The Labute approximate surface area is 254 Å². The second-order valence-electron chi connectivity index (χ2n) is 11.9. The Morgan fingerprint density at radius 1 is 0.932 bits per heavy atom. The van der Waals surface area contributed by atoms with E-state index in [-0.39, 0.29) is 39.1 Å². The monoisotopic (exact) mass is 641 g/mol. The third kappa shape index (κ3) is 8.38. The van der Waals surface area contributed by atoms with Gasteiger partial charge in [0, 0.05) is 31.1 Å². The van der Waals surface area contributed by atoms with Crippen LogP contribution in [0.15, 0.2) is 0 Å². The van der Waals surface area contributed by atoms with Crippen LogP contribution in [0.4, 0.5) is 0 Å². The van der Waals surface area contributed by atoms with Crippen molar-refractivity contribution in [3.8, 4) is 0 Å². The average molecular weight is 642 g/mol. The fourth-order valence-corrected chi connectivity index (χ4v) is 6.01. The van der Waals surface area contributed by atoms with Gasteiger partial charge in [0.25, 0.3) is 0 Å². The molecular formula is C25H51N7O12. The van der Waals surface area contributed by atoms with Crippen molar-refractivity contribution in [3.63, 3.8) is 0 Å². The van der Waals surface area contributed by atoms with E-state index in [1.807, 2.05) is 0 Å². The van der Waals surface area contributed by atoms with Gasteiger partial charge >= 0.3 is 0 Å². The predicted octanol–water partition coefficient (Wildman–Crippen LogP) is -9.23. The van der Waals surface area contributed by atoms with Gasteiger partial charge in [-0.1, -0.05) is 0 Å². The van der Waals surface area contributed by atoms with Crippen molar-refractivity contribution >= 4 is 5.91 Å². The van der Waals surface area contributed by atoms with E-state index in [9.17, 15) is 40.5 Å². The summed E-state index contributed by atoms with van der Waals surface area (Å²) >= 11 is 0. The van der Waals surface area contributed by atoms with Crippen molar-refractivity contribution in [2.75, 3.05) is 32.8 Å². The average Bonchev–Trinajstić information content (AvgIpc) is 2.99. The Morgan fingerprint density at radius 3 is 2.23 bits per heavy atom. The summed E-state index contributed by atoms with van der Waals surface area (Å²) in [5.41, 5.74) is 29.8. The fourth-order valence-electron chi connectivity index (χ4n) is 6.01. The molecule has 0 aromatic heterocycles. The molecule has 3 aliphatic rings. The van der Waals surface area contributed by atoms with Crippen LogP contribution in [0.5, 0.6) is 0 Å². The Hall–Kier alpha value is -1.21. The molecule has 2 heterocycles. The Morgan fingerprint density at radius 2 is 1.61 bits per heavy atom. The fraction of sp³-hybridized carbons (Fsp3) is 0.960. The second kappa shape index (κ2) is 16.6. The molecule has 0 bridgehead atoms. The number of aliphatic hydroxyl groups excluding tert-OH is 8. The van der Waals surface area contributed by atoms with Crippen molar-refractivity contribution in [1.29, 1.82) is 0 Å². The molecule has 20 N–H and O–H groups in total. The van der Waals surface area contributed by atoms with Crippen LogP contribution < -0.4 is 39.3 Å². The first-order valence-electron chi connectivity index (χ1n) is 14.8. The molecule has 258 valence electrons. The maximum Gasteiger partial charge on any atom is 0.249 e. The zero-order valence-electron chi connectivity index (χ0n) is 24.4. The molecule has 3 rings (SSSR count). The predicted molar refractivity (Wildman–Crippen MR) is 151 cm³/mol. The highest BCUT2D eigenvalue weighted by atomic mass is 16.7. The molecule has 19 heteroatoms. The molecule has 2 unspecified atom stereocenters. The van der Waals surface area contributed by atoms with Gasteiger partial charge in [0.05, 0.1) is 49.7 Å². The van der Waals surface area contributed by atoms with E-state index < -0.39 is 116 Å². The van der Waals surface area contributed by atoms with Crippen LogP contribution in [0.1, 0.15) is 12.8 Å². The zero-order valence-corrected chi connectivity index (χ0v) is 24.4. The van der Waals surface area contributed by atoms with Gasteiger partial charge < -0.3 is 94.4 Å². The van der Waals surface area contributed by atoms with Crippen molar-refractivity contribution in [2.45, 2.75) is 110 Å². The van der Waals surface area contributed by atoms with Gasteiger partial charge in [-0.3, -0.25) is 4.79 Å². The Balaban J connectivity index is 1.88. The summed E-state index contributed by atoms with van der Waals surface area (Å²) in [6.07, 6.45) is -15.6. The third-order valence-electron chi connectivity index (χ3n) is 8.65. The number of hydrogen-bond acceptors (Lipinski definition) is 18. The highest BCUT2D eigenvalue weighted by Crippen LogP contribution is 2.37. The van der Waals surface area contributed by atoms with Crippen molar-refractivity contribution in [3.05, 3.63) is 0 Å². The minimum absolute atomic E-state index is 0.00425. The van der Waals surface area contributed by atoms with Crippen LogP contribution in [0, 0.1) is 5.92 Å². The highest BCUT2D eigenvalue weighted by molar-refractivity contribution is 5.80. The number of nitrogens with two attached hydrogens (primary N) is 5. The second-order valence-corrected chi connectivity index (χ2v) is 11.9. The van der Waals surface area contributed by atoms with Gasteiger partial charge in [-0.25, -0.2) is 0 Å². The molecule has 2 saturated heterocycles. The van der Waals surface area contributed by atoms with Gasteiger partial charge in [-0.15, -0.1) is 0 Å². The Bertz CT molecular complexity index is 898. The largest absolute Gasteiger partial charge is 0.395 e. The van der Waals surface area contributed by atoms with E-state index in [4.69, 9.17) is 48.0 Å². The molecule has 0 aromatic carbocycles.